The molecule has 0 saturated carbocycles. The summed E-state index contributed by atoms with van der Waals surface area (Å²) in [6, 6.07) is 15.5. The smallest absolute Gasteiger partial charge is 0.175 e. The summed E-state index contributed by atoms with van der Waals surface area (Å²) in [5.74, 6) is 0.354. The second kappa shape index (κ2) is 6.31. The molecule has 1 atom stereocenters. The fraction of sp³-hybridized carbons (Fsp3) is 0.294. The van der Waals surface area contributed by atoms with Crippen LogP contribution in [0, 0.1) is 6.92 Å². The summed E-state index contributed by atoms with van der Waals surface area (Å²) in [5.41, 5.74) is 3.19. The van der Waals surface area contributed by atoms with Crippen molar-refractivity contribution in [2.75, 3.05) is 18.1 Å². The molecule has 0 bridgehead atoms. The van der Waals surface area contributed by atoms with E-state index in [4.69, 9.17) is 0 Å². The van der Waals surface area contributed by atoms with E-state index in [1.165, 1.54) is 11.8 Å². The molecule has 1 N–H and O–H groups in total. The van der Waals surface area contributed by atoms with Crippen LogP contribution in [0.2, 0.25) is 0 Å². The van der Waals surface area contributed by atoms with Gasteiger partial charge in [-0.1, -0.05) is 43.3 Å². The van der Waals surface area contributed by atoms with E-state index < -0.39 is 9.84 Å². The van der Waals surface area contributed by atoms with Crippen LogP contribution in [0.5, 0.6) is 0 Å². The Morgan fingerprint density at radius 3 is 2.38 bits per heavy atom. The van der Waals surface area contributed by atoms with Gasteiger partial charge < -0.3 is 5.32 Å². The number of rotatable bonds is 5. The second-order valence-corrected chi connectivity index (χ2v) is 7.46. The molecule has 21 heavy (non-hydrogen) atoms. The third-order valence-electron chi connectivity index (χ3n) is 3.60. The van der Waals surface area contributed by atoms with Gasteiger partial charge in [-0.05, 0) is 36.1 Å². The monoisotopic (exact) mass is 303 g/mol. The molecule has 4 heteroatoms. The summed E-state index contributed by atoms with van der Waals surface area (Å²) in [4.78, 5) is 0.350. The predicted molar refractivity (Wildman–Crippen MR) is 87.6 cm³/mol. The summed E-state index contributed by atoms with van der Waals surface area (Å²) in [5, 5.41) is 3.36. The fourth-order valence-electron chi connectivity index (χ4n) is 2.18. The molecule has 2 rings (SSSR count). The zero-order valence-corrected chi connectivity index (χ0v) is 13.4. The zero-order valence-electron chi connectivity index (χ0n) is 12.6. The van der Waals surface area contributed by atoms with Crippen molar-refractivity contribution < 1.29 is 8.42 Å². The molecule has 0 aliphatic rings. The van der Waals surface area contributed by atoms with Gasteiger partial charge in [-0.25, -0.2) is 8.42 Å². The van der Waals surface area contributed by atoms with Crippen molar-refractivity contribution >= 4 is 15.5 Å². The number of benzene rings is 2. The maximum absolute atomic E-state index is 11.6. The van der Waals surface area contributed by atoms with Gasteiger partial charge in [-0.2, -0.15) is 0 Å². The summed E-state index contributed by atoms with van der Waals surface area (Å²) in [6.45, 7) is 4.89. The second-order valence-electron chi connectivity index (χ2n) is 5.44. The highest BCUT2D eigenvalue weighted by Crippen LogP contribution is 2.22. The number of hydrogen-bond acceptors (Lipinski definition) is 3. The molecule has 0 aliphatic carbocycles. The van der Waals surface area contributed by atoms with Crippen molar-refractivity contribution in [2.24, 2.45) is 0 Å². The summed E-state index contributed by atoms with van der Waals surface area (Å²) < 4.78 is 23.3. The quantitative estimate of drug-likeness (QED) is 0.917. The van der Waals surface area contributed by atoms with Gasteiger partial charge in [-0.15, -0.1) is 0 Å². The van der Waals surface area contributed by atoms with Crippen LogP contribution in [0.25, 0.3) is 0 Å². The van der Waals surface area contributed by atoms with E-state index in [-0.39, 0.29) is 0 Å². The van der Waals surface area contributed by atoms with Gasteiger partial charge in [0.15, 0.2) is 9.84 Å². The van der Waals surface area contributed by atoms with Crippen LogP contribution in [0.15, 0.2) is 53.4 Å². The van der Waals surface area contributed by atoms with Gasteiger partial charge in [0, 0.05) is 18.5 Å². The molecule has 0 radical (unpaired) electrons. The van der Waals surface area contributed by atoms with Gasteiger partial charge in [0.25, 0.3) is 0 Å². The molecule has 0 aliphatic heterocycles. The van der Waals surface area contributed by atoms with Crippen molar-refractivity contribution in [1.29, 1.82) is 0 Å². The third kappa shape index (κ3) is 4.08. The summed E-state index contributed by atoms with van der Waals surface area (Å²) >= 11 is 0. The molecule has 2 aromatic carbocycles. The van der Waals surface area contributed by atoms with Crippen molar-refractivity contribution in [1.82, 2.24) is 0 Å². The first-order valence-corrected chi connectivity index (χ1v) is 8.86. The normalized spacial score (nSPS) is 12.9. The van der Waals surface area contributed by atoms with Gasteiger partial charge in [0.2, 0.25) is 0 Å². The topological polar surface area (TPSA) is 46.2 Å². The molecular formula is C17H21NO2S. The molecule has 3 nitrogen and oxygen atoms in total. The molecule has 0 aromatic heterocycles. The SMILES string of the molecule is Cc1ccc(S(C)(=O)=O)cc1NCC(C)c1ccccc1. The minimum atomic E-state index is -3.17. The Kier molecular flexibility index (Phi) is 4.68. The van der Waals surface area contributed by atoms with E-state index in [9.17, 15) is 8.42 Å². The number of sulfone groups is 1. The van der Waals surface area contributed by atoms with Crippen LogP contribution in [-0.2, 0) is 9.84 Å². The maximum atomic E-state index is 11.6. The third-order valence-corrected chi connectivity index (χ3v) is 4.71. The zero-order chi connectivity index (χ0) is 15.5. The van der Waals surface area contributed by atoms with E-state index >= 15 is 0 Å². The molecule has 1 unspecified atom stereocenters. The largest absolute Gasteiger partial charge is 0.384 e. The highest BCUT2D eigenvalue weighted by molar-refractivity contribution is 7.90. The minimum absolute atomic E-state index is 0.350. The number of nitrogens with one attached hydrogen (secondary N) is 1. The van der Waals surface area contributed by atoms with Crippen LogP contribution in [0.3, 0.4) is 0 Å². The van der Waals surface area contributed by atoms with E-state index in [0.29, 0.717) is 10.8 Å². The van der Waals surface area contributed by atoms with E-state index in [2.05, 4.69) is 24.4 Å². The Bertz CT molecular complexity index is 709. The molecule has 2 aromatic rings. The lowest BCUT2D eigenvalue weighted by Crippen LogP contribution is -2.11. The van der Waals surface area contributed by atoms with Crippen LogP contribution >= 0.6 is 0 Å². The van der Waals surface area contributed by atoms with Gasteiger partial charge in [0.05, 0.1) is 4.90 Å². The number of anilines is 1. The van der Waals surface area contributed by atoms with Crippen molar-refractivity contribution in [3.8, 4) is 0 Å². The minimum Gasteiger partial charge on any atom is -0.384 e. The van der Waals surface area contributed by atoms with Gasteiger partial charge in [0.1, 0.15) is 0 Å². The molecule has 112 valence electrons. The number of hydrogen-bond donors (Lipinski definition) is 1. The molecule has 0 saturated heterocycles. The first-order chi connectivity index (χ1) is 9.88. The molecule has 0 heterocycles. The lowest BCUT2D eigenvalue weighted by Gasteiger charge is -2.16. The Morgan fingerprint density at radius 2 is 1.76 bits per heavy atom. The highest BCUT2D eigenvalue weighted by Gasteiger charge is 2.10. The summed E-state index contributed by atoms with van der Waals surface area (Å²) in [7, 11) is -3.17. The van der Waals surface area contributed by atoms with Crippen LogP contribution in [0.4, 0.5) is 5.69 Å². The van der Waals surface area contributed by atoms with Crippen LogP contribution < -0.4 is 5.32 Å². The Morgan fingerprint density at radius 1 is 1.10 bits per heavy atom. The molecular weight excluding hydrogens is 282 g/mol. The highest BCUT2D eigenvalue weighted by atomic mass is 32.2. The fourth-order valence-corrected chi connectivity index (χ4v) is 2.83. The maximum Gasteiger partial charge on any atom is 0.175 e. The standard InChI is InChI=1S/C17H21NO2S/c1-13-9-10-16(21(3,19)20)11-17(13)18-12-14(2)15-7-5-4-6-8-15/h4-11,14,18H,12H2,1-3H3. The van der Waals surface area contributed by atoms with E-state index in [1.54, 1.807) is 12.1 Å². The van der Waals surface area contributed by atoms with Crippen molar-refractivity contribution in [3.05, 3.63) is 59.7 Å². The summed E-state index contributed by atoms with van der Waals surface area (Å²) in [6.07, 6.45) is 1.23. The lowest BCUT2D eigenvalue weighted by molar-refractivity contribution is 0.602. The Hall–Kier alpha value is -1.81. The first kappa shape index (κ1) is 15.6. The van der Waals surface area contributed by atoms with Gasteiger partial charge in [-0.3, -0.25) is 0 Å². The van der Waals surface area contributed by atoms with Crippen LogP contribution in [-0.4, -0.2) is 21.2 Å². The van der Waals surface area contributed by atoms with E-state index in [0.717, 1.165) is 17.8 Å². The Labute approximate surface area is 126 Å². The molecule has 0 amide bonds. The van der Waals surface area contributed by atoms with Crippen LogP contribution in [0.1, 0.15) is 24.0 Å². The Balaban J connectivity index is 2.13. The molecule has 0 spiro atoms. The average Bonchev–Trinajstić information content (AvgIpc) is 2.45. The number of aryl methyl sites for hydroxylation is 1. The van der Waals surface area contributed by atoms with Gasteiger partial charge >= 0.3 is 0 Å². The van der Waals surface area contributed by atoms with E-state index in [1.807, 2.05) is 31.2 Å². The van der Waals surface area contributed by atoms with Crippen molar-refractivity contribution in [3.63, 3.8) is 0 Å². The lowest BCUT2D eigenvalue weighted by atomic mass is 10.0. The average molecular weight is 303 g/mol. The molecule has 0 fully saturated rings. The first-order valence-electron chi connectivity index (χ1n) is 6.97. The van der Waals surface area contributed by atoms with Crippen molar-refractivity contribution in [2.45, 2.75) is 24.7 Å². The predicted octanol–water partition coefficient (Wildman–Crippen LogP) is 3.61.